The Balaban J connectivity index is 1.56. The van der Waals surface area contributed by atoms with E-state index < -0.39 is 29.4 Å². The fraction of sp³-hybridized carbons (Fsp3) is 0.444. The number of aliphatic carboxylic acids is 1. The van der Waals surface area contributed by atoms with Crippen molar-refractivity contribution in [2.75, 3.05) is 13.2 Å². The van der Waals surface area contributed by atoms with Gasteiger partial charge in [0.25, 0.3) is 0 Å². The molecule has 7 nitrogen and oxygen atoms in total. The van der Waals surface area contributed by atoms with E-state index in [2.05, 4.69) is 34.9 Å². The topological polar surface area (TPSA) is 105 Å². The fourth-order valence-corrected chi connectivity index (χ4v) is 4.32. The van der Waals surface area contributed by atoms with Crippen molar-refractivity contribution < 1.29 is 24.2 Å². The lowest BCUT2D eigenvalue weighted by Crippen LogP contribution is -2.49. The van der Waals surface area contributed by atoms with Crippen molar-refractivity contribution in [1.29, 1.82) is 0 Å². The van der Waals surface area contributed by atoms with Crippen molar-refractivity contribution in [3.8, 4) is 11.1 Å². The first kappa shape index (κ1) is 25.3. The van der Waals surface area contributed by atoms with Crippen molar-refractivity contribution in [3.63, 3.8) is 0 Å². The van der Waals surface area contributed by atoms with Crippen molar-refractivity contribution >= 4 is 18.0 Å². The van der Waals surface area contributed by atoms with Crippen LogP contribution in [0.2, 0.25) is 0 Å². The van der Waals surface area contributed by atoms with Gasteiger partial charge >= 0.3 is 12.1 Å². The van der Waals surface area contributed by atoms with E-state index in [-0.39, 0.29) is 31.4 Å². The van der Waals surface area contributed by atoms with Crippen LogP contribution in [0.4, 0.5) is 4.79 Å². The Morgan fingerprint density at radius 2 is 1.56 bits per heavy atom. The molecule has 0 heterocycles. The Kier molecular flexibility index (Phi) is 7.97. The van der Waals surface area contributed by atoms with Crippen LogP contribution in [0, 0.1) is 11.3 Å². The van der Waals surface area contributed by atoms with E-state index in [1.807, 2.05) is 52.0 Å². The van der Waals surface area contributed by atoms with Gasteiger partial charge < -0.3 is 20.5 Å². The van der Waals surface area contributed by atoms with E-state index in [1.54, 1.807) is 0 Å². The molecule has 3 N–H and O–H groups in total. The third kappa shape index (κ3) is 5.95. The number of fused-ring (bicyclic) bond motifs is 3. The van der Waals surface area contributed by atoms with E-state index in [4.69, 9.17) is 4.74 Å². The van der Waals surface area contributed by atoms with Gasteiger partial charge in [-0.3, -0.25) is 9.59 Å². The fourth-order valence-electron chi connectivity index (χ4n) is 4.32. The van der Waals surface area contributed by atoms with Crippen molar-refractivity contribution in [3.05, 3.63) is 59.7 Å². The van der Waals surface area contributed by atoms with E-state index >= 15 is 0 Å². The zero-order chi connectivity index (χ0) is 24.9. The number of alkyl carbamates (subject to hydrolysis) is 1. The number of carbonyl (C=O) groups is 3. The molecule has 0 spiro atoms. The molecule has 0 bridgehead atoms. The largest absolute Gasteiger partial charge is 0.481 e. The molecular weight excluding hydrogens is 432 g/mol. The van der Waals surface area contributed by atoms with Gasteiger partial charge in [-0.25, -0.2) is 4.79 Å². The molecule has 34 heavy (non-hydrogen) atoms. The number of benzene rings is 2. The summed E-state index contributed by atoms with van der Waals surface area (Å²) in [6.45, 7) is 7.83. The van der Waals surface area contributed by atoms with Crippen LogP contribution in [0.3, 0.4) is 0 Å². The number of carbonyl (C=O) groups excluding carboxylic acids is 2. The zero-order valence-electron chi connectivity index (χ0n) is 20.3. The Morgan fingerprint density at radius 1 is 1.00 bits per heavy atom. The average molecular weight is 467 g/mol. The number of carboxylic acid groups (broad SMARTS) is 1. The SMILES string of the molecule is CCC(CNC(=O)OCC1c2ccccc2-c2ccccc21)C(=O)NC(CC(=O)O)C(C)(C)C. The summed E-state index contributed by atoms with van der Waals surface area (Å²) in [7, 11) is 0. The van der Waals surface area contributed by atoms with Crippen molar-refractivity contribution in [2.24, 2.45) is 11.3 Å². The van der Waals surface area contributed by atoms with Gasteiger partial charge in [0.05, 0.1) is 12.3 Å². The summed E-state index contributed by atoms with van der Waals surface area (Å²) in [5.74, 6) is -1.77. The van der Waals surface area contributed by atoms with E-state index in [0.29, 0.717) is 6.42 Å². The van der Waals surface area contributed by atoms with Crippen LogP contribution < -0.4 is 10.6 Å². The smallest absolute Gasteiger partial charge is 0.407 e. The quantitative estimate of drug-likeness (QED) is 0.503. The van der Waals surface area contributed by atoms with E-state index in [0.717, 1.165) is 22.3 Å². The molecule has 2 aromatic rings. The maximum Gasteiger partial charge on any atom is 0.407 e. The van der Waals surface area contributed by atoms with Crippen molar-refractivity contribution in [2.45, 2.75) is 52.5 Å². The summed E-state index contributed by atoms with van der Waals surface area (Å²) in [5.41, 5.74) is 4.17. The van der Waals surface area contributed by atoms with Gasteiger partial charge in [-0.1, -0.05) is 76.2 Å². The third-order valence-electron chi connectivity index (χ3n) is 6.44. The molecule has 0 aliphatic heterocycles. The Labute approximate surface area is 200 Å². The lowest BCUT2D eigenvalue weighted by molar-refractivity contribution is -0.138. The summed E-state index contributed by atoms with van der Waals surface area (Å²) in [5, 5.41) is 14.7. The molecule has 0 aromatic heterocycles. The molecule has 1 aliphatic carbocycles. The second-order valence-electron chi connectivity index (χ2n) is 9.84. The number of hydrogen-bond acceptors (Lipinski definition) is 4. The Hall–Kier alpha value is -3.35. The van der Waals surface area contributed by atoms with Gasteiger partial charge in [-0.05, 0) is 34.1 Å². The minimum absolute atomic E-state index is 0.0352. The third-order valence-corrected chi connectivity index (χ3v) is 6.44. The minimum atomic E-state index is -0.968. The molecular formula is C27H34N2O5. The maximum absolute atomic E-state index is 12.8. The minimum Gasteiger partial charge on any atom is -0.481 e. The first-order valence-corrected chi connectivity index (χ1v) is 11.7. The van der Waals surface area contributed by atoms with E-state index in [9.17, 15) is 19.5 Å². The van der Waals surface area contributed by atoms with Crippen LogP contribution in [0.5, 0.6) is 0 Å². The Bertz CT molecular complexity index is 998. The highest BCUT2D eigenvalue weighted by molar-refractivity contribution is 5.81. The lowest BCUT2D eigenvalue weighted by Gasteiger charge is -2.31. The molecule has 2 amide bonds. The molecule has 182 valence electrons. The second kappa shape index (κ2) is 10.7. The van der Waals surface area contributed by atoms with Crippen LogP contribution in [-0.4, -0.2) is 42.3 Å². The number of carboxylic acids is 1. The van der Waals surface area contributed by atoms with Crippen LogP contribution in [0.15, 0.2) is 48.5 Å². The number of amides is 2. The number of nitrogens with one attached hydrogen (secondary N) is 2. The molecule has 0 saturated heterocycles. The maximum atomic E-state index is 12.8. The van der Waals surface area contributed by atoms with Crippen LogP contribution >= 0.6 is 0 Å². The highest BCUT2D eigenvalue weighted by Crippen LogP contribution is 2.44. The highest BCUT2D eigenvalue weighted by Gasteiger charge is 2.31. The molecule has 1 aliphatic rings. The summed E-state index contributed by atoms with van der Waals surface area (Å²) in [6, 6.07) is 15.7. The second-order valence-corrected chi connectivity index (χ2v) is 9.84. The monoisotopic (exact) mass is 466 g/mol. The van der Waals surface area contributed by atoms with Crippen LogP contribution in [0.25, 0.3) is 11.1 Å². The van der Waals surface area contributed by atoms with Gasteiger partial charge in [-0.2, -0.15) is 0 Å². The molecule has 0 saturated carbocycles. The average Bonchev–Trinajstić information content (AvgIpc) is 3.10. The predicted molar refractivity (Wildman–Crippen MR) is 130 cm³/mol. The first-order chi connectivity index (χ1) is 16.1. The standard InChI is InChI=1S/C27H34N2O5/c1-5-17(25(32)29-23(14-24(30)31)27(2,3)4)15-28-26(33)34-16-22-20-12-8-6-10-18(20)19-11-7-9-13-21(19)22/h6-13,17,22-23H,5,14-16H2,1-4H3,(H,28,33)(H,29,32)(H,30,31). The molecule has 2 unspecified atom stereocenters. The summed E-state index contributed by atoms with van der Waals surface area (Å²) in [4.78, 5) is 36.4. The summed E-state index contributed by atoms with van der Waals surface area (Å²) < 4.78 is 5.54. The summed E-state index contributed by atoms with van der Waals surface area (Å²) >= 11 is 0. The van der Waals surface area contributed by atoms with Gasteiger partial charge in [0.2, 0.25) is 5.91 Å². The highest BCUT2D eigenvalue weighted by atomic mass is 16.5. The normalized spacial score (nSPS) is 14.5. The van der Waals surface area contributed by atoms with Gasteiger partial charge in [0, 0.05) is 18.5 Å². The van der Waals surface area contributed by atoms with Crippen LogP contribution in [0.1, 0.15) is 57.6 Å². The number of hydrogen-bond donors (Lipinski definition) is 3. The van der Waals surface area contributed by atoms with E-state index in [1.165, 1.54) is 0 Å². The molecule has 2 aromatic carbocycles. The van der Waals surface area contributed by atoms with Gasteiger partial charge in [-0.15, -0.1) is 0 Å². The van der Waals surface area contributed by atoms with Crippen molar-refractivity contribution in [1.82, 2.24) is 10.6 Å². The van der Waals surface area contributed by atoms with Gasteiger partial charge in [0.1, 0.15) is 6.61 Å². The summed E-state index contributed by atoms with van der Waals surface area (Å²) in [6.07, 6.45) is -0.240. The zero-order valence-corrected chi connectivity index (χ0v) is 20.3. The predicted octanol–water partition coefficient (Wildman–Crippen LogP) is 4.56. The van der Waals surface area contributed by atoms with Crippen LogP contribution in [-0.2, 0) is 14.3 Å². The first-order valence-electron chi connectivity index (χ1n) is 11.7. The number of rotatable bonds is 9. The molecule has 0 radical (unpaired) electrons. The lowest BCUT2D eigenvalue weighted by atomic mass is 9.84. The molecule has 7 heteroatoms. The van der Waals surface area contributed by atoms with Gasteiger partial charge in [0.15, 0.2) is 0 Å². The molecule has 3 rings (SSSR count). The molecule has 2 atom stereocenters. The molecule has 0 fully saturated rings. The Morgan fingerprint density at radius 3 is 2.06 bits per heavy atom. The number of ether oxygens (including phenoxy) is 1.